The highest BCUT2D eigenvalue weighted by Gasteiger charge is 2.25. The van der Waals surface area contributed by atoms with Crippen LogP contribution >= 0.6 is 0 Å². The van der Waals surface area contributed by atoms with Gasteiger partial charge in [-0.05, 0) is 154 Å². The van der Waals surface area contributed by atoms with Crippen LogP contribution in [0.25, 0.3) is 61.3 Å². The van der Waals surface area contributed by atoms with Gasteiger partial charge in [0.2, 0.25) is 0 Å². The van der Waals surface area contributed by atoms with Crippen molar-refractivity contribution in [2.75, 3.05) is 0 Å². The van der Waals surface area contributed by atoms with Crippen molar-refractivity contribution in [2.45, 2.75) is 99.3 Å². The third-order valence-electron chi connectivity index (χ3n) is 12.6. The number of nitrogens with zero attached hydrogens (tertiary/aromatic N) is 4. The molecule has 0 N–H and O–H groups in total. The lowest BCUT2D eigenvalue weighted by molar-refractivity contribution is -0.599. The Morgan fingerprint density at radius 3 is 1.94 bits per heavy atom. The van der Waals surface area contributed by atoms with Crippen molar-refractivity contribution in [1.82, 2.24) is 14.1 Å². The Bertz CT molecular complexity index is 3210. The molecule has 0 amide bonds. The molecule has 0 radical (unpaired) electrons. The molecule has 9 aromatic rings. The number of aromatic nitrogens is 4. The molecule has 5 nitrogen and oxygen atoms in total. The number of hydrogen-bond acceptors (Lipinski definition) is 2. The first kappa shape index (κ1) is 42.6. The molecule has 6 aromatic carbocycles. The van der Waals surface area contributed by atoms with Gasteiger partial charge in [0.1, 0.15) is 17.3 Å². The van der Waals surface area contributed by atoms with Gasteiger partial charge in [-0.25, -0.2) is 4.98 Å². The Kier molecular flexibility index (Phi) is 10.5. The molecule has 3 aromatic heterocycles. The monoisotopic (exact) mass is 840 g/mol. The third-order valence-corrected chi connectivity index (χ3v) is 12.6. The molecule has 9 rings (SSSR count). The Morgan fingerprint density at radius 1 is 0.547 bits per heavy atom. The Morgan fingerprint density at radius 2 is 1.22 bits per heavy atom. The molecule has 64 heavy (non-hydrogen) atoms. The highest BCUT2D eigenvalue weighted by Crippen LogP contribution is 2.39. The van der Waals surface area contributed by atoms with Gasteiger partial charge < -0.3 is 4.74 Å². The fourth-order valence-corrected chi connectivity index (χ4v) is 9.05. The fourth-order valence-electron chi connectivity index (χ4n) is 9.05. The van der Waals surface area contributed by atoms with E-state index in [1.165, 1.54) is 55.5 Å². The second kappa shape index (κ2) is 15.8. The summed E-state index contributed by atoms with van der Waals surface area (Å²) in [6.45, 7) is 26.9. The summed E-state index contributed by atoms with van der Waals surface area (Å²) in [6, 6.07) is 48.2. The van der Waals surface area contributed by atoms with E-state index in [0.29, 0.717) is 0 Å². The zero-order chi connectivity index (χ0) is 45.3. The van der Waals surface area contributed by atoms with E-state index in [9.17, 15) is 0 Å². The number of imidazole rings is 1. The summed E-state index contributed by atoms with van der Waals surface area (Å²) in [4.78, 5) is 4.91. The number of benzene rings is 6. The van der Waals surface area contributed by atoms with E-state index in [4.69, 9.17) is 9.72 Å². The van der Waals surface area contributed by atoms with E-state index in [1.807, 2.05) is 6.20 Å². The molecule has 0 saturated carbocycles. The largest absolute Gasteiger partial charge is 0.458 e. The predicted octanol–water partition coefficient (Wildman–Crippen LogP) is 15.0. The average Bonchev–Trinajstić information content (AvgIpc) is 3.84. The summed E-state index contributed by atoms with van der Waals surface area (Å²) in [5.74, 6) is 2.42. The van der Waals surface area contributed by atoms with E-state index in [2.05, 4.69) is 243 Å². The molecule has 3 heterocycles. The lowest BCUT2D eigenvalue weighted by Crippen LogP contribution is -2.28. The molecule has 0 aliphatic rings. The summed E-state index contributed by atoms with van der Waals surface area (Å²) in [6.07, 6.45) is 8.02. The van der Waals surface area contributed by atoms with Crippen LogP contribution in [0.1, 0.15) is 95.8 Å². The number of para-hydroxylation sites is 1. The van der Waals surface area contributed by atoms with E-state index in [-0.39, 0.29) is 16.2 Å². The number of aryl methyl sites for hydroxylation is 3. The number of rotatable bonds is 7. The van der Waals surface area contributed by atoms with Gasteiger partial charge in [-0.1, -0.05) is 123 Å². The van der Waals surface area contributed by atoms with Crippen LogP contribution in [-0.4, -0.2) is 14.1 Å². The maximum Gasteiger partial charge on any atom is 0.269 e. The Hall–Kier alpha value is -6.72. The standard InChI is InChI=1S/C59H60N4O/c1-38-18-13-14-21-49(38)41-28-42(56-39(2)19-17-20-40(56)3)30-45(29-41)61-36-54(59(10,11)12)62(37-61)46-31-44(58(7,8)9)32-48(34-46)64-47-24-25-51-50-22-15-16-23-52(50)63(53(51)35-47)55-33-43(26-27-60-55)57(4,5)6/h13-36H,1-12H3. The van der Waals surface area contributed by atoms with Gasteiger partial charge in [0.05, 0.1) is 28.1 Å². The van der Waals surface area contributed by atoms with Crippen molar-refractivity contribution < 1.29 is 9.30 Å². The van der Waals surface area contributed by atoms with Crippen LogP contribution in [0.2, 0.25) is 0 Å². The maximum absolute atomic E-state index is 6.96. The summed E-state index contributed by atoms with van der Waals surface area (Å²) in [7, 11) is 0. The lowest BCUT2D eigenvalue weighted by atomic mass is 9.86. The third kappa shape index (κ3) is 8.05. The number of hydrogen-bond donors (Lipinski definition) is 0. The number of fused-ring (bicyclic) bond motifs is 3. The minimum Gasteiger partial charge on any atom is -0.458 e. The summed E-state index contributed by atoms with van der Waals surface area (Å²) in [5.41, 5.74) is 16.0. The zero-order valence-electron chi connectivity index (χ0n) is 39.6. The number of pyridine rings is 1. The minimum atomic E-state index is -0.208. The summed E-state index contributed by atoms with van der Waals surface area (Å²) in [5, 5.41) is 2.34. The van der Waals surface area contributed by atoms with Crippen molar-refractivity contribution in [1.29, 1.82) is 0 Å². The highest BCUT2D eigenvalue weighted by molar-refractivity contribution is 6.09. The van der Waals surface area contributed by atoms with Gasteiger partial charge >= 0.3 is 0 Å². The zero-order valence-corrected chi connectivity index (χ0v) is 39.6. The van der Waals surface area contributed by atoms with Gasteiger partial charge in [0, 0.05) is 29.2 Å². The first-order valence-corrected chi connectivity index (χ1v) is 22.5. The maximum atomic E-state index is 6.96. The first-order chi connectivity index (χ1) is 30.3. The summed E-state index contributed by atoms with van der Waals surface area (Å²) >= 11 is 0. The molecule has 0 saturated heterocycles. The molecular formula is C59H60N4O. The van der Waals surface area contributed by atoms with Crippen LogP contribution < -0.4 is 9.30 Å². The van der Waals surface area contributed by atoms with Crippen LogP contribution in [-0.2, 0) is 16.2 Å². The molecule has 0 spiro atoms. The topological polar surface area (TPSA) is 35.9 Å². The molecule has 0 unspecified atom stereocenters. The van der Waals surface area contributed by atoms with Crippen molar-refractivity contribution in [3.8, 4) is 50.9 Å². The fraction of sp³-hybridized carbons (Fsp3) is 0.254. The van der Waals surface area contributed by atoms with Gasteiger partial charge in [-0.3, -0.25) is 13.7 Å². The predicted molar refractivity (Wildman–Crippen MR) is 266 cm³/mol. The SMILES string of the molecule is Cc1ccccc1-c1cc(-c2c(C)cccc2C)cc(-[n+]2[c-]n(-c3cc(Oc4ccc5c6ccccc6n(-c6cc(C(C)(C)C)ccn6)c5c4)cc(C(C)(C)C)c3)c(C(C)(C)C)c2)c1. The normalized spacial score (nSPS) is 12.4. The average molecular weight is 841 g/mol. The van der Waals surface area contributed by atoms with E-state index in [0.717, 1.165) is 50.8 Å². The van der Waals surface area contributed by atoms with Crippen LogP contribution in [0.15, 0.2) is 146 Å². The van der Waals surface area contributed by atoms with Crippen molar-refractivity contribution in [3.05, 3.63) is 186 Å². The van der Waals surface area contributed by atoms with Gasteiger partial charge in [-0.2, -0.15) is 0 Å². The number of ether oxygens (including phenoxy) is 1. The molecule has 0 aliphatic carbocycles. The van der Waals surface area contributed by atoms with Crippen LogP contribution in [0, 0.1) is 27.1 Å². The quantitative estimate of drug-likeness (QED) is 0.118. The Labute approximate surface area is 379 Å². The first-order valence-electron chi connectivity index (χ1n) is 22.5. The van der Waals surface area contributed by atoms with Crippen molar-refractivity contribution in [2.24, 2.45) is 0 Å². The second-order valence-corrected chi connectivity index (χ2v) is 20.7. The van der Waals surface area contributed by atoms with E-state index in [1.54, 1.807) is 0 Å². The van der Waals surface area contributed by atoms with Gasteiger partial charge in [0.25, 0.3) is 6.33 Å². The van der Waals surface area contributed by atoms with Crippen LogP contribution in [0.3, 0.4) is 0 Å². The van der Waals surface area contributed by atoms with Crippen molar-refractivity contribution >= 4 is 21.8 Å². The lowest BCUT2D eigenvalue weighted by Gasteiger charge is -2.24. The molecule has 0 atom stereocenters. The van der Waals surface area contributed by atoms with E-state index < -0.39 is 0 Å². The molecule has 5 heteroatoms. The second-order valence-electron chi connectivity index (χ2n) is 20.7. The van der Waals surface area contributed by atoms with Crippen LogP contribution in [0.4, 0.5) is 0 Å². The smallest absolute Gasteiger partial charge is 0.269 e. The molecule has 0 bridgehead atoms. The highest BCUT2D eigenvalue weighted by atomic mass is 16.5. The van der Waals surface area contributed by atoms with Crippen LogP contribution in [0.5, 0.6) is 11.5 Å². The van der Waals surface area contributed by atoms with Gasteiger partial charge in [0.15, 0.2) is 0 Å². The van der Waals surface area contributed by atoms with Gasteiger partial charge in [-0.15, -0.1) is 0 Å². The minimum absolute atomic E-state index is 0.0154. The molecular weight excluding hydrogens is 781 g/mol. The van der Waals surface area contributed by atoms with E-state index >= 15 is 0 Å². The molecule has 0 fully saturated rings. The van der Waals surface area contributed by atoms with Crippen molar-refractivity contribution in [3.63, 3.8) is 0 Å². The molecule has 0 aliphatic heterocycles. The summed E-state index contributed by atoms with van der Waals surface area (Å²) < 4.78 is 13.6. The molecule has 322 valence electrons. The Balaban J connectivity index is 1.19.